The quantitative estimate of drug-likeness (QED) is 0.881. The van der Waals surface area contributed by atoms with Crippen LogP contribution in [0.15, 0.2) is 9.80 Å². The first-order valence-corrected chi connectivity index (χ1v) is 6.87. The number of nitrogens with two attached hydrogens (primary N) is 1. The van der Waals surface area contributed by atoms with Gasteiger partial charge in [-0.25, -0.2) is 4.98 Å². The van der Waals surface area contributed by atoms with Crippen LogP contribution >= 0.6 is 11.3 Å². The van der Waals surface area contributed by atoms with Gasteiger partial charge in [-0.1, -0.05) is 5.10 Å². The Hall–Kier alpha value is -1.80. The molecule has 7 nitrogen and oxygen atoms in total. The third-order valence-electron chi connectivity index (χ3n) is 2.73. The molecule has 3 rings (SSSR count). The smallest absolute Gasteiger partial charge is 0.322 e. The first-order valence-electron chi connectivity index (χ1n) is 5.99. The van der Waals surface area contributed by atoms with Crippen LogP contribution in [0.5, 0.6) is 0 Å². The SMILES string of the molecule is CC(N)c1nc(C(=O)Nc2nnc(C3CC3)o2)cs1. The van der Waals surface area contributed by atoms with Crippen LogP contribution < -0.4 is 11.1 Å². The van der Waals surface area contributed by atoms with E-state index < -0.39 is 0 Å². The number of aromatic nitrogens is 3. The van der Waals surface area contributed by atoms with Crippen molar-refractivity contribution in [1.29, 1.82) is 0 Å². The van der Waals surface area contributed by atoms with Crippen molar-refractivity contribution in [3.8, 4) is 0 Å². The van der Waals surface area contributed by atoms with Crippen LogP contribution in [0.2, 0.25) is 0 Å². The lowest BCUT2D eigenvalue weighted by molar-refractivity contribution is 0.101. The molecule has 1 aliphatic carbocycles. The van der Waals surface area contributed by atoms with E-state index in [0.29, 0.717) is 22.5 Å². The van der Waals surface area contributed by atoms with Gasteiger partial charge in [-0.3, -0.25) is 10.1 Å². The van der Waals surface area contributed by atoms with E-state index in [0.717, 1.165) is 12.8 Å². The summed E-state index contributed by atoms with van der Waals surface area (Å²) in [6, 6.07) is -0.0707. The number of thiazole rings is 1. The van der Waals surface area contributed by atoms with Gasteiger partial charge in [0, 0.05) is 11.3 Å². The van der Waals surface area contributed by atoms with E-state index in [9.17, 15) is 4.79 Å². The molecule has 3 N–H and O–H groups in total. The fourth-order valence-electron chi connectivity index (χ4n) is 1.54. The zero-order valence-corrected chi connectivity index (χ0v) is 11.1. The molecule has 1 aliphatic rings. The summed E-state index contributed by atoms with van der Waals surface area (Å²) in [5, 5.41) is 12.6. The Balaban J connectivity index is 1.68. The first-order chi connectivity index (χ1) is 9.13. The topological polar surface area (TPSA) is 107 Å². The van der Waals surface area contributed by atoms with Gasteiger partial charge in [-0.15, -0.1) is 16.4 Å². The fourth-order valence-corrected chi connectivity index (χ4v) is 2.30. The van der Waals surface area contributed by atoms with E-state index in [1.807, 2.05) is 6.92 Å². The molecule has 1 amide bonds. The van der Waals surface area contributed by atoms with Gasteiger partial charge in [0.1, 0.15) is 10.7 Å². The summed E-state index contributed by atoms with van der Waals surface area (Å²) in [7, 11) is 0. The predicted octanol–water partition coefficient (Wildman–Crippen LogP) is 1.68. The molecule has 8 heteroatoms. The molecule has 100 valence electrons. The summed E-state index contributed by atoms with van der Waals surface area (Å²) in [4.78, 5) is 16.1. The van der Waals surface area contributed by atoms with Gasteiger partial charge in [0.15, 0.2) is 0 Å². The second-order valence-electron chi connectivity index (χ2n) is 4.53. The van der Waals surface area contributed by atoms with Crippen molar-refractivity contribution in [1.82, 2.24) is 15.2 Å². The van der Waals surface area contributed by atoms with Crippen LogP contribution in [0, 0.1) is 0 Å². The van der Waals surface area contributed by atoms with Crippen LogP contribution in [0.3, 0.4) is 0 Å². The van der Waals surface area contributed by atoms with Crippen molar-refractivity contribution in [2.75, 3.05) is 5.32 Å². The largest absolute Gasteiger partial charge is 0.408 e. The number of nitrogens with one attached hydrogen (secondary N) is 1. The maximum Gasteiger partial charge on any atom is 0.322 e. The molecule has 1 saturated carbocycles. The molecule has 2 aromatic rings. The summed E-state index contributed by atoms with van der Waals surface area (Å²) >= 11 is 1.35. The first kappa shape index (κ1) is 12.2. The van der Waals surface area contributed by atoms with E-state index in [2.05, 4.69) is 20.5 Å². The van der Waals surface area contributed by atoms with Crippen molar-refractivity contribution < 1.29 is 9.21 Å². The molecule has 19 heavy (non-hydrogen) atoms. The lowest BCUT2D eigenvalue weighted by atomic mass is 10.4. The predicted molar refractivity (Wildman–Crippen MR) is 68.9 cm³/mol. The Morgan fingerprint density at radius 3 is 3.00 bits per heavy atom. The summed E-state index contributed by atoms with van der Waals surface area (Å²) in [6.07, 6.45) is 2.14. The molecule has 2 heterocycles. The maximum absolute atomic E-state index is 11.9. The summed E-state index contributed by atoms with van der Waals surface area (Å²) in [5.74, 6) is 0.584. The van der Waals surface area contributed by atoms with E-state index in [4.69, 9.17) is 10.2 Å². The van der Waals surface area contributed by atoms with Crippen LogP contribution in [0.25, 0.3) is 0 Å². The van der Waals surface area contributed by atoms with Gasteiger partial charge in [0.2, 0.25) is 5.89 Å². The minimum Gasteiger partial charge on any atom is -0.408 e. The Kier molecular flexibility index (Phi) is 3.03. The van der Waals surface area contributed by atoms with Gasteiger partial charge in [0.05, 0.1) is 6.04 Å². The van der Waals surface area contributed by atoms with Crippen molar-refractivity contribution in [2.24, 2.45) is 5.73 Å². The summed E-state index contributed by atoms with van der Waals surface area (Å²) < 4.78 is 5.35. The van der Waals surface area contributed by atoms with Crippen molar-refractivity contribution >= 4 is 23.3 Å². The van der Waals surface area contributed by atoms with Gasteiger partial charge < -0.3 is 10.2 Å². The number of carbonyl (C=O) groups excluding carboxylic acids is 1. The molecule has 0 radical (unpaired) electrons. The number of nitrogens with zero attached hydrogens (tertiary/aromatic N) is 3. The molecule has 0 spiro atoms. The highest BCUT2D eigenvalue weighted by Gasteiger charge is 2.29. The van der Waals surface area contributed by atoms with Crippen LogP contribution in [0.1, 0.15) is 53.1 Å². The Bertz CT molecular complexity index is 602. The van der Waals surface area contributed by atoms with E-state index in [1.54, 1.807) is 5.38 Å². The number of carbonyl (C=O) groups is 1. The molecule has 1 fully saturated rings. The van der Waals surface area contributed by atoms with Gasteiger partial charge in [-0.2, -0.15) is 0 Å². The maximum atomic E-state index is 11.9. The van der Waals surface area contributed by atoms with Gasteiger partial charge >= 0.3 is 6.01 Å². The monoisotopic (exact) mass is 279 g/mol. The van der Waals surface area contributed by atoms with Gasteiger partial charge in [-0.05, 0) is 19.8 Å². The zero-order valence-electron chi connectivity index (χ0n) is 10.3. The van der Waals surface area contributed by atoms with Crippen LogP contribution in [0.4, 0.5) is 6.01 Å². The Morgan fingerprint density at radius 1 is 1.58 bits per heavy atom. The number of hydrogen-bond acceptors (Lipinski definition) is 7. The molecule has 0 bridgehead atoms. The summed E-state index contributed by atoms with van der Waals surface area (Å²) in [6.45, 7) is 1.82. The summed E-state index contributed by atoms with van der Waals surface area (Å²) in [5.41, 5.74) is 6.01. The molecule has 0 saturated heterocycles. The molecule has 2 aromatic heterocycles. The normalized spacial score (nSPS) is 16.3. The highest BCUT2D eigenvalue weighted by atomic mass is 32.1. The highest BCUT2D eigenvalue weighted by Crippen LogP contribution is 2.39. The Morgan fingerprint density at radius 2 is 2.37 bits per heavy atom. The van der Waals surface area contributed by atoms with Crippen LogP contribution in [-0.2, 0) is 0 Å². The second kappa shape index (κ2) is 4.71. The van der Waals surface area contributed by atoms with E-state index in [-0.39, 0.29) is 18.0 Å². The average molecular weight is 279 g/mol. The lowest BCUT2D eigenvalue weighted by Crippen LogP contribution is -2.13. The molecular weight excluding hydrogens is 266 g/mol. The highest BCUT2D eigenvalue weighted by molar-refractivity contribution is 7.09. The molecule has 0 aliphatic heterocycles. The number of hydrogen-bond donors (Lipinski definition) is 2. The fraction of sp³-hybridized carbons (Fsp3) is 0.455. The third-order valence-corrected chi connectivity index (χ3v) is 3.78. The second-order valence-corrected chi connectivity index (χ2v) is 5.42. The average Bonchev–Trinajstić information content (AvgIpc) is 2.92. The van der Waals surface area contributed by atoms with Crippen molar-refractivity contribution in [2.45, 2.75) is 31.7 Å². The molecule has 1 atom stereocenters. The number of amides is 1. The molecule has 0 aromatic carbocycles. The lowest BCUT2D eigenvalue weighted by Gasteiger charge is -1.98. The molecular formula is C11H13N5O2S. The minimum atomic E-state index is -0.367. The van der Waals surface area contributed by atoms with E-state index in [1.165, 1.54) is 11.3 Å². The zero-order chi connectivity index (χ0) is 13.4. The van der Waals surface area contributed by atoms with Crippen LogP contribution in [-0.4, -0.2) is 21.1 Å². The number of anilines is 1. The third kappa shape index (κ3) is 2.64. The number of rotatable bonds is 4. The molecule has 1 unspecified atom stereocenters. The van der Waals surface area contributed by atoms with Crippen molar-refractivity contribution in [3.63, 3.8) is 0 Å². The van der Waals surface area contributed by atoms with Gasteiger partial charge in [0.25, 0.3) is 5.91 Å². The van der Waals surface area contributed by atoms with E-state index >= 15 is 0 Å². The standard InChI is InChI=1S/C11H13N5O2S/c1-5(12)10-13-7(4-19-10)8(17)14-11-16-15-9(18-11)6-2-3-6/h4-6H,2-3,12H2,1H3,(H,14,16,17). The van der Waals surface area contributed by atoms with Crippen molar-refractivity contribution in [3.05, 3.63) is 22.0 Å². The Labute approximate surface area is 113 Å². The minimum absolute atomic E-state index is 0.113.